The molecular weight excluding hydrogens is 293 g/mol. The van der Waals surface area contributed by atoms with Gasteiger partial charge in [0.15, 0.2) is 0 Å². The Bertz CT molecular complexity index is 681. The average molecular weight is 309 g/mol. The van der Waals surface area contributed by atoms with E-state index in [1.165, 1.54) is 28.4 Å². The second kappa shape index (κ2) is 6.22. The average Bonchev–Trinajstić information content (AvgIpc) is 2.83. The molecule has 0 unspecified atom stereocenters. The highest BCUT2D eigenvalue weighted by Crippen LogP contribution is 2.28. The second-order valence-corrected chi connectivity index (χ2v) is 6.08. The molecule has 0 saturated heterocycles. The number of thiophene rings is 1. The molecule has 0 aliphatic carbocycles. The van der Waals surface area contributed by atoms with Crippen molar-refractivity contribution in [1.82, 2.24) is 4.90 Å². The van der Waals surface area contributed by atoms with Crippen LogP contribution in [0.1, 0.15) is 29.9 Å². The van der Waals surface area contributed by atoms with E-state index in [9.17, 15) is 14.0 Å². The Morgan fingerprint density at radius 3 is 2.67 bits per heavy atom. The Labute approximate surface area is 125 Å². The number of amides is 1. The molecule has 0 fully saturated rings. The molecule has 1 aromatic carbocycles. The molecule has 0 bridgehead atoms. The minimum absolute atomic E-state index is 0.108. The Morgan fingerprint density at radius 1 is 1.38 bits per heavy atom. The predicted molar refractivity (Wildman–Crippen MR) is 80.2 cm³/mol. The number of hydrogen-bond donors (Lipinski definition) is 1. The lowest BCUT2D eigenvalue weighted by atomic mass is 10.2. The normalized spacial score (nSPS) is 11.0. The monoisotopic (exact) mass is 309 g/mol. The van der Waals surface area contributed by atoms with Crippen molar-refractivity contribution < 1.29 is 19.1 Å². The van der Waals surface area contributed by atoms with E-state index in [0.717, 1.165) is 0 Å². The molecule has 0 atom stereocenters. The number of carboxylic acids is 1. The minimum atomic E-state index is -0.948. The number of aliphatic carboxylic acids is 1. The molecule has 2 rings (SSSR count). The molecule has 1 amide bonds. The lowest BCUT2D eigenvalue weighted by Gasteiger charge is -2.25. The zero-order valence-electron chi connectivity index (χ0n) is 11.8. The van der Waals surface area contributed by atoms with Crippen LogP contribution in [0.25, 0.3) is 10.1 Å². The maximum atomic E-state index is 13.7. The first kappa shape index (κ1) is 15.4. The fraction of sp³-hybridized carbons (Fsp3) is 0.333. The van der Waals surface area contributed by atoms with Crippen LogP contribution in [0.15, 0.2) is 24.3 Å². The summed E-state index contributed by atoms with van der Waals surface area (Å²) in [7, 11) is 0. The number of nitrogens with zero attached hydrogens (tertiary/aromatic N) is 1. The van der Waals surface area contributed by atoms with Crippen LogP contribution >= 0.6 is 11.3 Å². The van der Waals surface area contributed by atoms with Crippen molar-refractivity contribution >= 4 is 33.3 Å². The van der Waals surface area contributed by atoms with Crippen LogP contribution in [0.4, 0.5) is 4.39 Å². The standard InChI is InChI=1S/C15H16FNO3S/c1-9(2)17(7-6-14(18)19)15(20)13-8-10-11(16)4-3-5-12(10)21-13/h3-5,8-9H,6-7H2,1-2H3,(H,18,19). The lowest BCUT2D eigenvalue weighted by Crippen LogP contribution is -2.38. The predicted octanol–water partition coefficient (Wildman–Crippen LogP) is 3.37. The van der Waals surface area contributed by atoms with Crippen molar-refractivity contribution in [2.45, 2.75) is 26.3 Å². The van der Waals surface area contributed by atoms with E-state index in [2.05, 4.69) is 0 Å². The molecule has 1 aromatic heterocycles. The van der Waals surface area contributed by atoms with Gasteiger partial charge >= 0.3 is 5.97 Å². The summed E-state index contributed by atoms with van der Waals surface area (Å²) in [6.45, 7) is 3.80. The van der Waals surface area contributed by atoms with E-state index in [1.54, 1.807) is 12.1 Å². The fourth-order valence-corrected chi connectivity index (χ4v) is 3.11. The van der Waals surface area contributed by atoms with Gasteiger partial charge in [-0.3, -0.25) is 9.59 Å². The fourth-order valence-electron chi connectivity index (χ4n) is 2.08. The molecule has 4 nitrogen and oxygen atoms in total. The molecule has 0 saturated carbocycles. The van der Waals surface area contributed by atoms with Crippen molar-refractivity contribution in [1.29, 1.82) is 0 Å². The molecule has 2 aromatic rings. The highest BCUT2D eigenvalue weighted by Gasteiger charge is 2.22. The topological polar surface area (TPSA) is 57.6 Å². The summed E-state index contributed by atoms with van der Waals surface area (Å²) in [4.78, 5) is 25.1. The number of hydrogen-bond acceptors (Lipinski definition) is 3. The summed E-state index contributed by atoms with van der Waals surface area (Å²) in [6.07, 6.45) is -0.108. The highest BCUT2D eigenvalue weighted by atomic mass is 32.1. The van der Waals surface area contributed by atoms with Gasteiger partial charge in [0.25, 0.3) is 5.91 Å². The second-order valence-electron chi connectivity index (χ2n) is 5.00. The molecule has 6 heteroatoms. The molecule has 0 radical (unpaired) electrons. The van der Waals surface area contributed by atoms with Gasteiger partial charge in [0.2, 0.25) is 0 Å². The van der Waals surface area contributed by atoms with Gasteiger partial charge in [-0.1, -0.05) is 6.07 Å². The quantitative estimate of drug-likeness (QED) is 0.921. The number of carbonyl (C=O) groups excluding carboxylic acids is 1. The largest absolute Gasteiger partial charge is 0.481 e. The third kappa shape index (κ3) is 3.39. The van der Waals surface area contributed by atoms with Crippen molar-refractivity contribution in [3.8, 4) is 0 Å². The molecule has 1 heterocycles. The third-order valence-electron chi connectivity index (χ3n) is 3.17. The van der Waals surface area contributed by atoms with Crippen LogP contribution in [0.2, 0.25) is 0 Å². The van der Waals surface area contributed by atoms with Gasteiger partial charge < -0.3 is 10.0 Å². The lowest BCUT2D eigenvalue weighted by molar-refractivity contribution is -0.137. The first-order chi connectivity index (χ1) is 9.90. The number of benzene rings is 1. The van der Waals surface area contributed by atoms with Gasteiger partial charge in [-0.25, -0.2) is 4.39 Å². The number of carbonyl (C=O) groups is 2. The molecule has 0 aliphatic heterocycles. The van der Waals surface area contributed by atoms with E-state index in [1.807, 2.05) is 13.8 Å². The maximum Gasteiger partial charge on any atom is 0.305 e. The maximum absolute atomic E-state index is 13.7. The van der Waals surface area contributed by atoms with Gasteiger partial charge in [0.05, 0.1) is 11.3 Å². The van der Waals surface area contributed by atoms with Crippen molar-refractivity contribution in [2.24, 2.45) is 0 Å². The summed E-state index contributed by atoms with van der Waals surface area (Å²) in [5.41, 5.74) is 0. The Hall–Kier alpha value is -1.95. The van der Waals surface area contributed by atoms with Crippen LogP contribution < -0.4 is 0 Å². The number of carboxylic acid groups (broad SMARTS) is 1. The van der Waals surface area contributed by atoms with Crippen LogP contribution in [-0.4, -0.2) is 34.5 Å². The molecule has 112 valence electrons. The van der Waals surface area contributed by atoms with Gasteiger partial charge in [0, 0.05) is 22.7 Å². The van der Waals surface area contributed by atoms with E-state index in [-0.39, 0.29) is 30.7 Å². The van der Waals surface area contributed by atoms with Crippen LogP contribution in [-0.2, 0) is 4.79 Å². The summed E-state index contributed by atoms with van der Waals surface area (Å²) >= 11 is 1.22. The van der Waals surface area contributed by atoms with Crippen LogP contribution in [0.5, 0.6) is 0 Å². The highest BCUT2D eigenvalue weighted by molar-refractivity contribution is 7.20. The van der Waals surface area contributed by atoms with E-state index < -0.39 is 5.97 Å². The van der Waals surface area contributed by atoms with Crippen molar-refractivity contribution in [2.75, 3.05) is 6.54 Å². The van der Waals surface area contributed by atoms with E-state index in [0.29, 0.717) is 15.0 Å². The smallest absolute Gasteiger partial charge is 0.305 e. The summed E-state index contributed by atoms with van der Waals surface area (Å²) in [6, 6.07) is 6.14. The van der Waals surface area contributed by atoms with Gasteiger partial charge in [-0.05, 0) is 32.0 Å². The van der Waals surface area contributed by atoms with E-state index in [4.69, 9.17) is 5.11 Å². The zero-order valence-corrected chi connectivity index (χ0v) is 12.6. The molecule has 21 heavy (non-hydrogen) atoms. The van der Waals surface area contributed by atoms with Crippen molar-refractivity contribution in [3.63, 3.8) is 0 Å². The van der Waals surface area contributed by atoms with Gasteiger partial charge in [-0.15, -0.1) is 11.3 Å². The van der Waals surface area contributed by atoms with Gasteiger partial charge in [0.1, 0.15) is 5.82 Å². The van der Waals surface area contributed by atoms with Crippen molar-refractivity contribution in [3.05, 3.63) is 35.0 Å². The number of rotatable bonds is 5. The molecule has 1 N–H and O–H groups in total. The van der Waals surface area contributed by atoms with Gasteiger partial charge in [-0.2, -0.15) is 0 Å². The SMILES string of the molecule is CC(C)N(CCC(=O)O)C(=O)c1cc2c(F)cccc2s1. The molecular formula is C15H16FNO3S. The summed E-state index contributed by atoms with van der Waals surface area (Å²) in [5, 5.41) is 9.19. The summed E-state index contributed by atoms with van der Waals surface area (Å²) in [5.74, 6) is -1.56. The number of halogens is 1. The van der Waals surface area contributed by atoms with Crippen LogP contribution in [0, 0.1) is 5.82 Å². The minimum Gasteiger partial charge on any atom is -0.481 e. The Balaban J connectivity index is 2.30. The molecule has 0 spiro atoms. The summed E-state index contributed by atoms with van der Waals surface area (Å²) < 4.78 is 14.4. The number of fused-ring (bicyclic) bond motifs is 1. The molecule has 0 aliphatic rings. The zero-order chi connectivity index (χ0) is 15.6. The Morgan fingerprint density at radius 2 is 2.10 bits per heavy atom. The van der Waals surface area contributed by atoms with Crippen LogP contribution in [0.3, 0.4) is 0 Å². The van der Waals surface area contributed by atoms with E-state index >= 15 is 0 Å². The first-order valence-corrected chi connectivity index (χ1v) is 7.42. The Kier molecular flexibility index (Phi) is 4.57. The first-order valence-electron chi connectivity index (χ1n) is 6.61. The third-order valence-corrected chi connectivity index (χ3v) is 4.26.